The van der Waals surface area contributed by atoms with E-state index in [2.05, 4.69) is 19.7 Å². The zero-order valence-electron chi connectivity index (χ0n) is 27.0. The number of hydrogen-bond donors (Lipinski definition) is 5. The molecule has 5 rings (SSSR count). The lowest BCUT2D eigenvalue weighted by atomic mass is 9.81. The third-order valence-corrected chi connectivity index (χ3v) is 10.1. The predicted octanol–water partition coefficient (Wildman–Crippen LogP) is 1.24. The summed E-state index contributed by atoms with van der Waals surface area (Å²) in [6.07, 6.45) is -10.4. The largest absolute Gasteiger partial charge is 0.508 e. The topological polar surface area (TPSA) is 199 Å². The second kappa shape index (κ2) is 14.5. The summed E-state index contributed by atoms with van der Waals surface area (Å²) in [5.41, 5.74) is 1.85. The van der Waals surface area contributed by atoms with Gasteiger partial charge in [-0.3, -0.25) is 4.79 Å². The van der Waals surface area contributed by atoms with Crippen LogP contribution in [-0.4, -0.2) is 105 Å². The summed E-state index contributed by atoms with van der Waals surface area (Å²) in [7, 11) is 0. The summed E-state index contributed by atoms with van der Waals surface area (Å²) in [4.78, 5) is 38.3. The van der Waals surface area contributed by atoms with Crippen molar-refractivity contribution in [3.8, 4) is 5.75 Å². The Hall–Kier alpha value is -3.59. The molecule has 0 spiro atoms. The Balaban J connectivity index is 1.28. The Labute approximate surface area is 278 Å². The number of aromatic hydroxyl groups is 1. The average molecular weight is 673 g/mol. The van der Waals surface area contributed by atoms with Gasteiger partial charge in [0.05, 0.1) is 25.0 Å². The van der Waals surface area contributed by atoms with Gasteiger partial charge in [0.2, 0.25) is 0 Å². The van der Waals surface area contributed by atoms with Gasteiger partial charge in [-0.2, -0.15) is 0 Å². The van der Waals surface area contributed by atoms with Crippen LogP contribution in [0.1, 0.15) is 38.7 Å². The first-order chi connectivity index (χ1) is 22.7. The molecule has 0 radical (unpaired) electrons. The van der Waals surface area contributed by atoms with Crippen LogP contribution in [0.15, 0.2) is 60.7 Å². The SMILES string of the molecule is C=C1C(=O)O[C@@H]2[C@H]3C(=C)[C@@H](O[C@@H]4O[C@H](CO)[C@@H](OC(=O)Cc5ccc(O)cc5)[C@@H](O)[C@H]4O)C[C@H]3C(=C)C[C@@H](OC(=O)[C@H](O)[C@@H](C)CC)[C@@H]12. The van der Waals surface area contributed by atoms with Gasteiger partial charge in [-0.25, -0.2) is 9.59 Å². The van der Waals surface area contributed by atoms with Crippen LogP contribution in [0.2, 0.25) is 0 Å². The minimum atomic E-state index is -1.68. The third-order valence-electron chi connectivity index (χ3n) is 10.1. The normalized spacial score (nSPS) is 36.0. The number of ether oxygens (including phenoxy) is 5. The van der Waals surface area contributed by atoms with Crippen molar-refractivity contribution in [3.05, 3.63) is 66.3 Å². The molecule has 2 saturated carbocycles. The van der Waals surface area contributed by atoms with E-state index in [4.69, 9.17) is 23.7 Å². The van der Waals surface area contributed by atoms with E-state index in [0.29, 0.717) is 23.1 Å². The van der Waals surface area contributed by atoms with E-state index in [1.165, 1.54) is 24.3 Å². The zero-order chi connectivity index (χ0) is 35.0. The molecule has 1 aromatic carbocycles. The predicted molar refractivity (Wildman–Crippen MR) is 167 cm³/mol. The first-order valence-corrected chi connectivity index (χ1v) is 16.2. The summed E-state index contributed by atoms with van der Waals surface area (Å²) in [6, 6.07) is 5.89. The Bertz CT molecular complexity index is 1420. The highest BCUT2D eigenvalue weighted by Crippen LogP contribution is 2.53. The van der Waals surface area contributed by atoms with Crippen molar-refractivity contribution < 1.29 is 63.6 Å². The number of phenolic OH excluding ortho intramolecular Hbond substituents is 1. The molecule has 4 aliphatic rings. The Kier molecular flexibility index (Phi) is 10.8. The molecule has 0 bridgehead atoms. The smallest absolute Gasteiger partial charge is 0.335 e. The van der Waals surface area contributed by atoms with Crippen molar-refractivity contribution in [2.24, 2.45) is 23.7 Å². The van der Waals surface area contributed by atoms with Crippen LogP contribution in [0.3, 0.4) is 0 Å². The van der Waals surface area contributed by atoms with E-state index in [1.54, 1.807) is 6.92 Å². The molecule has 4 fully saturated rings. The van der Waals surface area contributed by atoms with Gasteiger partial charge < -0.3 is 49.2 Å². The first-order valence-electron chi connectivity index (χ1n) is 16.2. The fourth-order valence-electron chi connectivity index (χ4n) is 7.12. The van der Waals surface area contributed by atoms with Gasteiger partial charge in [-0.15, -0.1) is 0 Å². The molecule has 0 unspecified atom stereocenters. The van der Waals surface area contributed by atoms with E-state index in [9.17, 15) is 39.9 Å². The lowest BCUT2D eigenvalue weighted by molar-refractivity contribution is -0.310. The first kappa shape index (κ1) is 35.7. The molecule has 13 nitrogen and oxygen atoms in total. The lowest BCUT2D eigenvalue weighted by Crippen LogP contribution is -2.61. The molecule has 2 heterocycles. The molecule has 2 aliphatic heterocycles. The third kappa shape index (κ3) is 6.93. The quantitative estimate of drug-likeness (QED) is 0.103. The van der Waals surface area contributed by atoms with Gasteiger partial charge in [0.15, 0.2) is 18.5 Å². The molecular weight excluding hydrogens is 628 g/mol. The maximum atomic E-state index is 12.9. The maximum Gasteiger partial charge on any atom is 0.335 e. The number of benzene rings is 1. The highest BCUT2D eigenvalue weighted by atomic mass is 16.7. The number of aliphatic hydroxyl groups excluding tert-OH is 4. The monoisotopic (exact) mass is 672 g/mol. The van der Waals surface area contributed by atoms with Gasteiger partial charge >= 0.3 is 17.9 Å². The van der Waals surface area contributed by atoms with Gasteiger partial charge in [-0.1, -0.05) is 57.7 Å². The van der Waals surface area contributed by atoms with Crippen LogP contribution in [0.5, 0.6) is 5.75 Å². The Morgan fingerprint density at radius 2 is 1.75 bits per heavy atom. The van der Waals surface area contributed by atoms with Gasteiger partial charge in [0.25, 0.3) is 0 Å². The number of phenols is 1. The highest BCUT2D eigenvalue weighted by molar-refractivity contribution is 5.91. The summed E-state index contributed by atoms with van der Waals surface area (Å²) < 4.78 is 28.9. The van der Waals surface area contributed by atoms with Gasteiger partial charge in [0.1, 0.15) is 36.3 Å². The van der Waals surface area contributed by atoms with Crippen molar-refractivity contribution in [1.29, 1.82) is 0 Å². The molecule has 0 aromatic heterocycles. The summed E-state index contributed by atoms with van der Waals surface area (Å²) in [5, 5.41) is 51.9. The number of aliphatic hydroxyl groups is 4. The average Bonchev–Trinajstić information content (AvgIpc) is 3.50. The standard InChI is InChI=1S/C35H44O13/c1-6-15(2)28(39)34(43)44-23-11-16(3)21-13-22(17(4)26(21)32-27(23)18(5)33(42)48-32)45-35-30(41)29(40)31(24(14-36)46-35)47-25(38)12-19-7-9-20(37)10-8-19/h7-10,15,21-24,26-32,35-37,39-41H,3-6,11-14H2,1-2H3/t15-,21-,22-,23+,24+,26-,27+,28+,29-,30+,31+,32+,35+/m0/s1. The van der Waals surface area contributed by atoms with E-state index in [0.717, 1.165) is 0 Å². The minimum Gasteiger partial charge on any atom is -0.508 e. The van der Waals surface area contributed by atoms with Crippen LogP contribution >= 0.6 is 0 Å². The van der Waals surface area contributed by atoms with Gasteiger partial charge in [-0.05, 0) is 41.5 Å². The fourth-order valence-corrected chi connectivity index (χ4v) is 7.12. The number of carbonyl (C=O) groups is 3. The van der Waals surface area contributed by atoms with E-state index in [1.807, 2.05) is 6.92 Å². The second-order valence-corrected chi connectivity index (χ2v) is 13.2. The fraction of sp³-hybridized carbons (Fsp3) is 0.571. The van der Waals surface area contributed by atoms with Crippen molar-refractivity contribution >= 4 is 17.9 Å². The molecule has 2 saturated heterocycles. The van der Waals surface area contributed by atoms with Crippen LogP contribution < -0.4 is 0 Å². The van der Waals surface area contributed by atoms with Crippen LogP contribution in [0.4, 0.5) is 0 Å². The molecular formula is C35H44O13. The van der Waals surface area contributed by atoms with Crippen LogP contribution in [-0.2, 0) is 44.5 Å². The highest BCUT2D eigenvalue weighted by Gasteiger charge is 2.58. The van der Waals surface area contributed by atoms with Crippen LogP contribution in [0, 0.1) is 23.7 Å². The molecule has 5 N–H and O–H groups in total. The minimum absolute atomic E-state index is 0.0271. The molecule has 262 valence electrons. The van der Waals surface area contributed by atoms with E-state index in [-0.39, 0.29) is 42.4 Å². The number of fused-ring (bicyclic) bond motifs is 3. The number of hydrogen-bond acceptors (Lipinski definition) is 13. The lowest BCUT2D eigenvalue weighted by Gasteiger charge is -2.42. The Morgan fingerprint density at radius 1 is 1.06 bits per heavy atom. The molecule has 13 atom stereocenters. The number of esters is 3. The van der Waals surface area contributed by atoms with Crippen molar-refractivity contribution in [2.75, 3.05) is 6.61 Å². The van der Waals surface area contributed by atoms with Crippen LogP contribution in [0.25, 0.3) is 0 Å². The van der Waals surface area contributed by atoms with E-state index >= 15 is 0 Å². The maximum absolute atomic E-state index is 12.9. The Morgan fingerprint density at radius 3 is 2.40 bits per heavy atom. The number of rotatable bonds is 10. The summed E-state index contributed by atoms with van der Waals surface area (Å²) >= 11 is 0. The summed E-state index contributed by atoms with van der Waals surface area (Å²) in [6.45, 7) is 15.3. The van der Waals surface area contributed by atoms with Crippen molar-refractivity contribution in [2.45, 2.75) is 94.7 Å². The molecule has 48 heavy (non-hydrogen) atoms. The number of carbonyl (C=O) groups excluding carboxylic acids is 3. The van der Waals surface area contributed by atoms with Crippen molar-refractivity contribution in [1.82, 2.24) is 0 Å². The summed E-state index contributed by atoms with van der Waals surface area (Å²) in [5.74, 6) is -4.09. The molecule has 2 aliphatic carbocycles. The molecule has 0 amide bonds. The molecule has 1 aromatic rings. The van der Waals surface area contributed by atoms with Crippen molar-refractivity contribution in [3.63, 3.8) is 0 Å². The zero-order valence-corrected chi connectivity index (χ0v) is 27.0. The molecule has 13 heteroatoms. The van der Waals surface area contributed by atoms with Gasteiger partial charge in [0, 0.05) is 17.9 Å². The second-order valence-electron chi connectivity index (χ2n) is 13.2. The van der Waals surface area contributed by atoms with E-state index < -0.39 is 91.5 Å².